The molecule has 0 aliphatic carbocycles. The first kappa shape index (κ1) is 11.1. The smallest absolute Gasteiger partial charge is 0.115 e. The highest BCUT2D eigenvalue weighted by Crippen LogP contribution is 2.14. The lowest BCUT2D eigenvalue weighted by Gasteiger charge is -2.01. The molecule has 0 aliphatic rings. The van der Waals surface area contributed by atoms with Gasteiger partial charge in [-0.05, 0) is 30.5 Å². The van der Waals surface area contributed by atoms with Gasteiger partial charge in [0, 0.05) is 0 Å². The fraction of sp³-hybridized carbons (Fsp3) is 0.538. The van der Waals surface area contributed by atoms with E-state index >= 15 is 0 Å². The van der Waals surface area contributed by atoms with Gasteiger partial charge < -0.3 is 5.11 Å². The number of hydrogen-bond donors (Lipinski definition) is 1. The Morgan fingerprint density at radius 3 is 2.57 bits per heavy atom. The Morgan fingerprint density at radius 2 is 1.86 bits per heavy atom. The summed E-state index contributed by atoms with van der Waals surface area (Å²) in [5.74, 6) is 0.385. The summed E-state index contributed by atoms with van der Waals surface area (Å²) in [6.45, 7) is 2.23. The van der Waals surface area contributed by atoms with Crippen molar-refractivity contribution in [2.24, 2.45) is 0 Å². The van der Waals surface area contributed by atoms with Crippen LogP contribution in [-0.4, -0.2) is 5.11 Å². The van der Waals surface area contributed by atoms with Crippen molar-refractivity contribution < 1.29 is 5.11 Å². The average molecular weight is 192 g/mol. The highest BCUT2D eigenvalue weighted by molar-refractivity contribution is 5.27. The van der Waals surface area contributed by atoms with E-state index < -0.39 is 0 Å². The second kappa shape index (κ2) is 6.47. The van der Waals surface area contributed by atoms with E-state index in [9.17, 15) is 5.11 Å². The Bertz CT molecular complexity index is 255. The predicted molar refractivity (Wildman–Crippen MR) is 60.6 cm³/mol. The summed E-state index contributed by atoms with van der Waals surface area (Å²) >= 11 is 0. The molecule has 0 radical (unpaired) electrons. The molecule has 1 heteroatoms. The summed E-state index contributed by atoms with van der Waals surface area (Å²) in [7, 11) is 0. The second-order valence-electron chi connectivity index (χ2n) is 3.83. The first-order valence-corrected chi connectivity index (χ1v) is 5.61. The van der Waals surface area contributed by atoms with Gasteiger partial charge >= 0.3 is 0 Å². The van der Waals surface area contributed by atoms with E-state index in [1.54, 1.807) is 6.07 Å². The molecule has 0 fully saturated rings. The molecule has 0 atom stereocenters. The van der Waals surface area contributed by atoms with Gasteiger partial charge in [-0.15, -0.1) is 0 Å². The molecule has 1 rings (SSSR count). The van der Waals surface area contributed by atoms with Crippen molar-refractivity contribution in [1.82, 2.24) is 0 Å². The topological polar surface area (TPSA) is 20.2 Å². The third kappa shape index (κ3) is 4.31. The highest BCUT2D eigenvalue weighted by Gasteiger charge is 1.94. The second-order valence-corrected chi connectivity index (χ2v) is 3.83. The van der Waals surface area contributed by atoms with Crippen LogP contribution >= 0.6 is 0 Å². The van der Waals surface area contributed by atoms with Crippen molar-refractivity contribution in [2.75, 3.05) is 0 Å². The SMILES string of the molecule is CCCCCCCc1cccc(O)c1. The van der Waals surface area contributed by atoms with Gasteiger partial charge in [0.05, 0.1) is 0 Å². The lowest BCUT2D eigenvalue weighted by molar-refractivity contribution is 0.474. The minimum absolute atomic E-state index is 0.385. The number of unbranched alkanes of at least 4 members (excludes halogenated alkanes) is 4. The predicted octanol–water partition coefficient (Wildman–Crippen LogP) is 3.91. The lowest BCUT2D eigenvalue weighted by atomic mass is 10.1. The molecule has 14 heavy (non-hydrogen) atoms. The summed E-state index contributed by atoms with van der Waals surface area (Å²) in [6, 6.07) is 7.58. The Kier molecular flexibility index (Phi) is 5.13. The van der Waals surface area contributed by atoms with E-state index in [2.05, 4.69) is 13.0 Å². The molecule has 0 spiro atoms. The molecular formula is C13H20O. The molecule has 0 aromatic heterocycles. The number of phenols is 1. The molecule has 0 unspecified atom stereocenters. The normalized spacial score (nSPS) is 10.4. The van der Waals surface area contributed by atoms with Gasteiger partial charge in [0.2, 0.25) is 0 Å². The summed E-state index contributed by atoms with van der Waals surface area (Å²) in [6.07, 6.45) is 7.63. The highest BCUT2D eigenvalue weighted by atomic mass is 16.3. The van der Waals surface area contributed by atoms with Crippen LogP contribution in [0.3, 0.4) is 0 Å². The standard InChI is InChI=1S/C13H20O/c1-2-3-4-5-6-8-12-9-7-10-13(14)11-12/h7,9-11,14H,2-6,8H2,1H3. The van der Waals surface area contributed by atoms with Crippen molar-refractivity contribution in [3.63, 3.8) is 0 Å². The first-order valence-electron chi connectivity index (χ1n) is 5.61. The minimum Gasteiger partial charge on any atom is -0.508 e. The molecule has 0 bridgehead atoms. The van der Waals surface area contributed by atoms with Gasteiger partial charge in [-0.25, -0.2) is 0 Å². The van der Waals surface area contributed by atoms with Crippen LogP contribution in [0.25, 0.3) is 0 Å². The minimum atomic E-state index is 0.385. The number of benzene rings is 1. The van der Waals surface area contributed by atoms with Crippen LogP contribution in [0.2, 0.25) is 0 Å². The Balaban J connectivity index is 2.18. The van der Waals surface area contributed by atoms with Gasteiger partial charge in [-0.3, -0.25) is 0 Å². The van der Waals surface area contributed by atoms with Crippen molar-refractivity contribution in [2.45, 2.75) is 45.4 Å². The zero-order valence-electron chi connectivity index (χ0n) is 9.00. The summed E-state index contributed by atoms with van der Waals surface area (Å²) < 4.78 is 0. The fourth-order valence-corrected chi connectivity index (χ4v) is 1.64. The Labute approximate surface area is 86.8 Å². The van der Waals surface area contributed by atoms with E-state index in [0.29, 0.717) is 5.75 Å². The number of hydrogen-bond acceptors (Lipinski definition) is 1. The molecule has 0 saturated carbocycles. The molecule has 78 valence electrons. The van der Waals surface area contributed by atoms with Crippen LogP contribution in [0, 0.1) is 0 Å². The number of phenolic OH excluding ortho intramolecular Hbond substituents is 1. The average Bonchev–Trinajstić information content (AvgIpc) is 2.18. The maximum absolute atomic E-state index is 9.25. The zero-order chi connectivity index (χ0) is 10.2. The van der Waals surface area contributed by atoms with Crippen molar-refractivity contribution in [3.8, 4) is 5.75 Å². The summed E-state index contributed by atoms with van der Waals surface area (Å²) in [5, 5.41) is 9.25. The molecule has 1 N–H and O–H groups in total. The van der Waals surface area contributed by atoms with E-state index in [1.165, 1.54) is 37.7 Å². The van der Waals surface area contributed by atoms with Gasteiger partial charge in [0.25, 0.3) is 0 Å². The molecule has 0 amide bonds. The van der Waals surface area contributed by atoms with E-state index in [-0.39, 0.29) is 0 Å². The lowest BCUT2D eigenvalue weighted by Crippen LogP contribution is -1.85. The third-order valence-electron chi connectivity index (χ3n) is 2.48. The molecule has 0 aliphatic heterocycles. The van der Waals surface area contributed by atoms with Gasteiger partial charge in [0.15, 0.2) is 0 Å². The van der Waals surface area contributed by atoms with Crippen LogP contribution < -0.4 is 0 Å². The van der Waals surface area contributed by atoms with E-state index in [0.717, 1.165) is 6.42 Å². The largest absolute Gasteiger partial charge is 0.508 e. The summed E-state index contributed by atoms with van der Waals surface area (Å²) in [4.78, 5) is 0. The molecule has 1 aromatic rings. The number of aryl methyl sites for hydroxylation is 1. The summed E-state index contributed by atoms with van der Waals surface area (Å²) in [5.41, 5.74) is 1.25. The molecule has 0 saturated heterocycles. The maximum Gasteiger partial charge on any atom is 0.115 e. The van der Waals surface area contributed by atoms with Gasteiger partial charge in [-0.1, -0.05) is 44.7 Å². The van der Waals surface area contributed by atoms with Crippen LogP contribution in [0.5, 0.6) is 5.75 Å². The maximum atomic E-state index is 9.25. The van der Waals surface area contributed by atoms with Crippen molar-refractivity contribution >= 4 is 0 Å². The quantitative estimate of drug-likeness (QED) is 0.678. The van der Waals surface area contributed by atoms with E-state index in [4.69, 9.17) is 0 Å². The zero-order valence-corrected chi connectivity index (χ0v) is 9.00. The van der Waals surface area contributed by atoms with Gasteiger partial charge in [-0.2, -0.15) is 0 Å². The van der Waals surface area contributed by atoms with Crippen LogP contribution in [0.15, 0.2) is 24.3 Å². The third-order valence-corrected chi connectivity index (χ3v) is 2.48. The molecule has 1 nitrogen and oxygen atoms in total. The Morgan fingerprint density at radius 1 is 1.07 bits per heavy atom. The first-order chi connectivity index (χ1) is 6.83. The molecular weight excluding hydrogens is 172 g/mol. The molecule has 0 heterocycles. The van der Waals surface area contributed by atoms with Crippen LogP contribution in [0.1, 0.15) is 44.6 Å². The fourth-order valence-electron chi connectivity index (χ4n) is 1.64. The van der Waals surface area contributed by atoms with Crippen LogP contribution in [0.4, 0.5) is 0 Å². The van der Waals surface area contributed by atoms with Gasteiger partial charge in [0.1, 0.15) is 5.75 Å². The van der Waals surface area contributed by atoms with Crippen molar-refractivity contribution in [1.29, 1.82) is 0 Å². The van der Waals surface area contributed by atoms with E-state index in [1.807, 2.05) is 12.1 Å². The Hall–Kier alpha value is -0.980. The number of rotatable bonds is 6. The van der Waals surface area contributed by atoms with Crippen LogP contribution in [-0.2, 0) is 6.42 Å². The number of aromatic hydroxyl groups is 1. The monoisotopic (exact) mass is 192 g/mol. The van der Waals surface area contributed by atoms with Crippen molar-refractivity contribution in [3.05, 3.63) is 29.8 Å². The molecule has 1 aromatic carbocycles.